The standard InChI is InChI=1S/C25H35N5O2/c1-30(2)24-21-6-4-5-7-22(21)28-25(29-24)27-19-12-10-18(11-13-19)26-23(31)16-17-8-14-20(32-3)15-9-17/h8-9,14-15,18-19H,4-7,10-13,16H2,1-3H3,(H,26,31)(H,27,28,29)/t18-,19+. The molecule has 0 saturated heterocycles. The Labute approximate surface area is 191 Å². The van der Waals surface area contributed by atoms with E-state index in [1.807, 2.05) is 24.3 Å². The number of aryl methyl sites for hydroxylation is 1. The number of benzene rings is 1. The van der Waals surface area contributed by atoms with Gasteiger partial charge in [-0.05, 0) is 69.1 Å². The molecule has 32 heavy (non-hydrogen) atoms. The maximum Gasteiger partial charge on any atom is 0.225 e. The first-order chi connectivity index (χ1) is 15.5. The van der Waals surface area contributed by atoms with Crippen LogP contribution >= 0.6 is 0 Å². The molecule has 0 spiro atoms. The first-order valence-corrected chi connectivity index (χ1v) is 11.8. The van der Waals surface area contributed by atoms with Crippen molar-refractivity contribution in [1.82, 2.24) is 15.3 Å². The fourth-order valence-electron chi connectivity index (χ4n) is 4.78. The molecule has 2 aliphatic carbocycles. The van der Waals surface area contributed by atoms with E-state index in [9.17, 15) is 4.79 Å². The minimum absolute atomic E-state index is 0.0835. The lowest BCUT2D eigenvalue weighted by atomic mass is 9.91. The maximum absolute atomic E-state index is 12.5. The number of amides is 1. The van der Waals surface area contributed by atoms with Crippen molar-refractivity contribution in [3.8, 4) is 5.75 Å². The van der Waals surface area contributed by atoms with Crippen LogP contribution in [-0.2, 0) is 24.1 Å². The van der Waals surface area contributed by atoms with Crippen LogP contribution in [0.4, 0.5) is 11.8 Å². The second-order valence-electron chi connectivity index (χ2n) is 9.18. The zero-order valence-electron chi connectivity index (χ0n) is 19.5. The van der Waals surface area contributed by atoms with Gasteiger partial charge in [0.15, 0.2) is 0 Å². The van der Waals surface area contributed by atoms with Gasteiger partial charge >= 0.3 is 0 Å². The fraction of sp³-hybridized carbons (Fsp3) is 0.560. The number of hydrogen-bond acceptors (Lipinski definition) is 6. The van der Waals surface area contributed by atoms with Crippen LogP contribution < -0.4 is 20.3 Å². The largest absolute Gasteiger partial charge is 0.497 e. The van der Waals surface area contributed by atoms with Gasteiger partial charge < -0.3 is 20.3 Å². The van der Waals surface area contributed by atoms with Crippen molar-refractivity contribution in [2.24, 2.45) is 0 Å². The van der Waals surface area contributed by atoms with Gasteiger partial charge in [-0.3, -0.25) is 4.79 Å². The molecule has 0 unspecified atom stereocenters. The highest BCUT2D eigenvalue weighted by atomic mass is 16.5. The minimum atomic E-state index is 0.0835. The molecule has 2 aliphatic rings. The number of hydrogen-bond donors (Lipinski definition) is 2. The molecule has 4 rings (SSSR count). The van der Waals surface area contributed by atoms with Gasteiger partial charge in [-0.15, -0.1) is 0 Å². The summed E-state index contributed by atoms with van der Waals surface area (Å²) in [6, 6.07) is 8.26. The fourth-order valence-corrected chi connectivity index (χ4v) is 4.78. The molecule has 1 heterocycles. The zero-order chi connectivity index (χ0) is 22.5. The Morgan fingerprint density at radius 1 is 1.03 bits per heavy atom. The zero-order valence-corrected chi connectivity index (χ0v) is 19.5. The summed E-state index contributed by atoms with van der Waals surface area (Å²) in [5.41, 5.74) is 3.52. The highest BCUT2D eigenvalue weighted by Gasteiger charge is 2.24. The van der Waals surface area contributed by atoms with E-state index in [4.69, 9.17) is 14.7 Å². The normalized spacial score (nSPS) is 20.2. The van der Waals surface area contributed by atoms with E-state index in [-0.39, 0.29) is 11.9 Å². The lowest BCUT2D eigenvalue weighted by molar-refractivity contribution is -0.121. The number of methoxy groups -OCH3 is 1. The monoisotopic (exact) mass is 437 g/mol. The molecule has 2 N–H and O–H groups in total. The number of fused-ring (bicyclic) bond motifs is 1. The Balaban J connectivity index is 1.28. The van der Waals surface area contributed by atoms with Crippen molar-refractivity contribution < 1.29 is 9.53 Å². The van der Waals surface area contributed by atoms with Crippen molar-refractivity contribution in [3.63, 3.8) is 0 Å². The quantitative estimate of drug-likeness (QED) is 0.690. The Morgan fingerprint density at radius 3 is 2.41 bits per heavy atom. The van der Waals surface area contributed by atoms with Crippen molar-refractivity contribution in [1.29, 1.82) is 0 Å². The van der Waals surface area contributed by atoms with E-state index in [2.05, 4.69) is 29.6 Å². The number of nitrogens with one attached hydrogen (secondary N) is 2. The van der Waals surface area contributed by atoms with Crippen LogP contribution in [0, 0.1) is 0 Å². The van der Waals surface area contributed by atoms with Crippen molar-refractivity contribution in [2.75, 3.05) is 31.4 Å². The van der Waals surface area contributed by atoms with Crippen LogP contribution in [-0.4, -0.2) is 49.2 Å². The van der Waals surface area contributed by atoms with Crippen LogP contribution in [0.2, 0.25) is 0 Å². The van der Waals surface area contributed by atoms with E-state index in [1.54, 1.807) is 7.11 Å². The molecule has 1 aromatic carbocycles. The first kappa shape index (κ1) is 22.4. The first-order valence-electron chi connectivity index (χ1n) is 11.8. The third-order valence-electron chi connectivity index (χ3n) is 6.53. The summed E-state index contributed by atoms with van der Waals surface area (Å²) >= 11 is 0. The summed E-state index contributed by atoms with van der Waals surface area (Å²) in [4.78, 5) is 24.2. The Kier molecular flexibility index (Phi) is 7.12. The third kappa shape index (κ3) is 5.50. The number of aromatic nitrogens is 2. The molecule has 172 valence electrons. The van der Waals surface area contributed by atoms with Gasteiger partial charge in [-0.1, -0.05) is 12.1 Å². The van der Waals surface area contributed by atoms with Crippen LogP contribution in [0.25, 0.3) is 0 Å². The minimum Gasteiger partial charge on any atom is -0.497 e. The summed E-state index contributed by atoms with van der Waals surface area (Å²) in [6.07, 6.45) is 8.89. The van der Waals surface area contributed by atoms with Gasteiger partial charge in [0, 0.05) is 31.7 Å². The molecule has 7 nitrogen and oxygen atoms in total. The van der Waals surface area contributed by atoms with E-state index in [0.717, 1.165) is 61.6 Å². The predicted octanol–water partition coefficient (Wildman–Crippen LogP) is 3.51. The molecule has 2 aromatic rings. The van der Waals surface area contributed by atoms with E-state index < -0.39 is 0 Å². The van der Waals surface area contributed by atoms with Crippen LogP contribution in [0.3, 0.4) is 0 Å². The molecule has 1 amide bonds. The predicted molar refractivity (Wildman–Crippen MR) is 128 cm³/mol. The Bertz CT molecular complexity index is 921. The number of nitrogens with zero attached hydrogens (tertiary/aromatic N) is 3. The van der Waals surface area contributed by atoms with E-state index >= 15 is 0 Å². The van der Waals surface area contributed by atoms with Gasteiger partial charge in [0.1, 0.15) is 11.6 Å². The molecule has 7 heteroatoms. The average Bonchev–Trinajstić information content (AvgIpc) is 2.80. The molecule has 1 fully saturated rings. The maximum atomic E-state index is 12.5. The molecule has 1 saturated carbocycles. The van der Waals surface area contributed by atoms with Crippen LogP contribution in [0.5, 0.6) is 5.75 Å². The Morgan fingerprint density at radius 2 is 1.72 bits per heavy atom. The second-order valence-corrected chi connectivity index (χ2v) is 9.18. The van der Waals surface area contributed by atoms with E-state index in [0.29, 0.717) is 12.5 Å². The van der Waals surface area contributed by atoms with Crippen molar-refractivity contribution >= 4 is 17.7 Å². The lowest BCUT2D eigenvalue weighted by Gasteiger charge is -2.30. The van der Waals surface area contributed by atoms with Gasteiger partial charge in [0.2, 0.25) is 11.9 Å². The SMILES string of the molecule is COc1ccc(CC(=O)N[C@H]2CC[C@@H](Nc3nc4c(c(N(C)C)n3)CCCC4)CC2)cc1. The molecular formula is C25H35N5O2. The summed E-state index contributed by atoms with van der Waals surface area (Å²) in [5, 5.41) is 6.79. The third-order valence-corrected chi connectivity index (χ3v) is 6.53. The molecular weight excluding hydrogens is 402 g/mol. The van der Waals surface area contributed by atoms with Crippen LogP contribution in [0.15, 0.2) is 24.3 Å². The summed E-state index contributed by atoms with van der Waals surface area (Å²) < 4.78 is 5.18. The average molecular weight is 438 g/mol. The number of rotatable bonds is 7. The topological polar surface area (TPSA) is 79.4 Å². The van der Waals surface area contributed by atoms with Gasteiger partial charge in [-0.2, -0.15) is 4.98 Å². The van der Waals surface area contributed by atoms with Gasteiger partial charge in [0.25, 0.3) is 0 Å². The molecule has 0 bridgehead atoms. The Hall–Kier alpha value is -2.83. The molecule has 0 radical (unpaired) electrons. The smallest absolute Gasteiger partial charge is 0.225 e. The summed E-state index contributed by atoms with van der Waals surface area (Å²) in [7, 11) is 5.76. The van der Waals surface area contributed by atoms with Gasteiger partial charge in [-0.25, -0.2) is 4.98 Å². The van der Waals surface area contributed by atoms with Gasteiger partial charge in [0.05, 0.1) is 19.2 Å². The van der Waals surface area contributed by atoms with Crippen molar-refractivity contribution in [2.45, 2.75) is 69.9 Å². The molecule has 0 aliphatic heterocycles. The molecule has 1 aromatic heterocycles. The summed E-state index contributed by atoms with van der Waals surface area (Å²) in [5.74, 6) is 2.69. The molecule has 0 atom stereocenters. The number of ether oxygens (including phenoxy) is 1. The lowest BCUT2D eigenvalue weighted by Crippen LogP contribution is -2.41. The summed E-state index contributed by atoms with van der Waals surface area (Å²) in [6.45, 7) is 0. The number of anilines is 2. The highest BCUT2D eigenvalue weighted by Crippen LogP contribution is 2.29. The highest BCUT2D eigenvalue weighted by molar-refractivity contribution is 5.78. The number of carbonyl (C=O) groups is 1. The van der Waals surface area contributed by atoms with Crippen molar-refractivity contribution in [3.05, 3.63) is 41.1 Å². The number of carbonyl (C=O) groups excluding carboxylic acids is 1. The second kappa shape index (κ2) is 10.2. The van der Waals surface area contributed by atoms with E-state index in [1.165, 1.54) is 24.1 Å². The van der Waals surface area contributed by atoms with Crippen LogP contribution in [0.1, 0.15) is 55.3 Å².